The molecule has 6 heteroatoms. The summed E-state index contributed by atoms with van der Waals surface area (Å²) in [7, 11) is 0. The summed E-state index contributed by atoms with van der Waals surface area (Å²) in [5.41, 5.74) is -0.832. The molecule has 0 saturated heterocycles. The molecule has 0 aliphatic heterocycles. The highest BCUT2D eigenvalue weighted by Gasteiger charge is 2.20. The van der Waals surface area contributed by atoms with Gasteiger partial charge in [-0.1, -0.05) is 13.8 Å². The molecule has 0 aliphatic rings. The lowest BCUT2D eigenvalue weighted by atomic mass is 9.95. The van der Waals surface area contributed by atoms with Crippen LogP contribution in [0, 0.1) is 11.7 Å². The molecule has 130 valence electrons. The number of aliphatic hydroxyl groups is 1. The number of nitrogens with zero attached hydrogens (tertiary/aromatic N) is 2. The topological polar surface area (TPSA) is 67.3 Å². The van der Waals surface area contributed by atoms with E-state index in [2.05, 4.69) is 29.1 Å². The number of aromatic nitrogens is 2. The largest absolute Gasteiger partial charge is 0.439 e. The summed E-state index contributed by atoms with van der Waals surface area (Å²) >= 11 is 0. The monoisotopic (exact) mass is 333 g/mol. The van der Waals surface area contributed by atoms with Crippen molar-refractivity contribution in [2.75, 3.05) is 11.9 Å². The number of anilines is 1. The zero-order chi connectivity index (χ0) is 17.6. The summed E-state index contributed by atoms with van der Waals surface area (Å²) in [6.45, 7) is 6.40. The molecule has 0 saturated carbocycles. The Morgan fingerprint density at radius 2 is 1.96 bits per heavy atom. The van der Waals surface area contributed by atoms with Gasteiger partial charge in [0.2, 0.25) is 11.8 Å². The van der Waals surface area contributed by atoms with E-state index in [0.29, 0.717) is 36.5 Å². The molecule has 1 heterocycles. The minimum absolute atomic E-state index is 0.323. The van der Waals surface area contributed by atoms with Crippen molar-refractivity contribution in [2.45, 2.75) is 39.2 Å². The van der Waals surface area contributed by atoms with Crippen molar-refractivity contribution < 1.29 is 14.2 Å². The quantitative estimate of drug-likeness (QED) is 0.764. The number of benzene rings is 1. The van der Waals surface area contributed by atoms with Crippen LogP contribution >= 0.6 is 0 Å². The van der Waals surface area contributed by atoms with E-state index in [4.69, 9.17) is 4.74 Å². The average molecular weight is 333 g/mol. The Morgan fingerprint density at radius 3 is 2.62 bits per heavy atom. The van der Waals surface area contributed by atoms with Crippen LogP contribution in [0.25, 0.3) is 0 Å². The van der Waals surface area contributed by atoms with Gasteiger partial charge >= 0.3 is 0 Å². The molecule has 0 spiro atoms. The number of hydrogen-bond acceptors (Lipinski definition) is 5. The van der Waals surface area contributed by atoms with E-state index in [0.717, 1.165) is 6.42 Å². The molecule has 0 bridgehead atoms. The molecule has 1 unspecified atom stereocenters. The van der Waals surface area contributed by atoms with Crippen LogP contribution in [0.2, 0.25) is 0 Å². The number of hydrogen-bond donors (Lipinski definition) is 2. The number of nitrogens with one attached hydrogen (secondary N) is 1. The third-order valence-corrected chi connectivity index (χ3v) is 3.55. The maximum absolute atomic E-state index is 12.9. The fraction of sp³-hybridized carbons (Fsp3) is 0.444. The second kappa shape index (κ2) is 8.06. The van der Waals surface area contributed by atoms with Crippen molar-refractivity contribution in [3.05, 3.63) is 42.3 Å². The summed E-state index contributed by atoms with van der Waals surface area (Å²) in [6, 6.07) is 7.32. The Bertz CT molecular complexity index is 645. The van der Waals surface area contributed by atoms with Crippen molar-refractivity contribution in [1.29, 1.82) is 0 Å². The van der Waals surface area contributed by atoms with Crippen molar-refractivity contribution in [2.24, 2.45) is 5.92 Å². The molecule has 24 heavy (non-hydrogen) atoms. The first-order valence-corrected chi connectivity index (χ1v) is 8.07. The fourth-order valence-corrected chi connectivity index (χ4v) is 2.07. The number of rotatable bonds is 8. The smallest absolute Gasteiger partial charge is 0.226 e. The molecule has 2 aromatic rings. The van der Waals surface area contributed by atoms with E-state index in [-0.39, 0.29) is 5.82 Å². The van der Waals surface area contributed by atoms with Gasteiger partial charge in [0.05, 0.1) is 5.60 Å². The van der Waals surface area contributed by atoms with Crippen LogP contribution in [0.5, 0.6) is 11.6 Å². The minimum Gasteiger partial charge on any atom is -0.439 e. The van der Waals surface area contributed by atoms with E-state index in [1.807, 2.05) is 0 Å². The molecule has 0 fully saturated rings. The normalized spacial score (nSPS) is 13.6. The standard InChI is InChI=1S/C18H24FN3O2/c1-13(2)8-10-18(3,23)12-21-17-20-11-9-16(22-17)24-15-6-4-14(19)5-7-15/h4-7,9,11,13,23H,8,10,12H2,1-3H3,(H,20,21,22). The van der Waals surface area contributed by atoms with Crippen LogP contribution in [0.1, 0.15) is 33.6 Å². The maximum Gasteiger partial charge on any atom is 0.226 e. The van der Waals surface area contributed by atoms with Gasteiger partial charge in [0, 0.05) is 18.8 Å². The predicted octanol–water partition coefficient (Wildman–Crippen LogP) is 4.01. The molecule has 0 aliphatic carbocycles. The average Bonchev–Trinajstić information content (AvgIpc) is 2.54. The van der Waals surface area contributed by atoms with Crippen LogP contribution in [0.3, 0.4) is 0 Å². The van der Waals surface area contributed by atoms with Crippen LogP contribution in [0.15, 0.2) is 36.5 Å². The summed E-state index contributed by atoms with van der Waals surface area (Å²) in [5, 5.41) is 13.4. The van der Waals surface area contributed by atoms with Crippen molar-refractivity contribution in [3.63, 3.8) is 0 Å². The highest BCUT2D eigenvalue weighted by molar-refractivity contribution is 5.31. The summed E-state index contributed by atoms with van der Waals surface area (Å²) in [4.78, 5) is 8.36. The highest BCUT2D eigenvalue weighted by atomic mass is 19.1. The predicted molar refractivity (Wildman–Crippen MR) is 91.7 cm³/mol. The lowest BCUT2D eigenvalue weighted by molar-refractivity contribution is 0.0584. The fourth-order valence-electron chi connectivity index (χ4n) is 2.07. The zero-order valence-electron chi connectivity index (χ0n) is 14.3. The third-order valence-electron chi connectivity index (χ3n) is 3.55. The van der Waals surface area contributed by atoms with Gasteiger partial charge in [-0.3, -0.25) is 0 Å². The van der Waals surface area contributed by atoms with E-state index < -0.39 is 5.60 Å². The molecule has 5 nitrogen and oxygen atoms in total. The van der Waals surface area contributed by atoms with Gasteiger partial charge < -0.3 is 15.2 Å². The van der Waals surface area contributed by atoms with Crippen LogP contribution in [-0.4, -0.2) is 27.2 Å². The molecule has 2 rings (SSSR count). The van der Waals surface area contributed by atoms with E-state index in [9.17, 15) is 9.50 Å². The highest BCUT2D eigenvalue weighted by Crippen LogP contribution is 2.21. The van der Waals surface area contributed by atoms with Gasteiger partial charge in [-0.25, -0.2) is 9.37 Å². The second-order valence-corrected chi connectivity index (χ2v) is 6.56. The lowest BCUT2D eigenvalue weighted by Gasteiger charge is -2.24. The summed E-state index contributed by atoms with van der Waals surface area (Å²) in [5.74, 6) is 1.43. The first-order chi connectivity index (χ1) is 11.3. The van der Waals surface area contributed by atoms with Gasteiger partial charge in [-0.15, -0.1) is 0 Å². The van der Waals surface area contributed by atoms with E-state index in [1.54, 1.807) is 19.2 Å². The van der Waals surface area contributed by atoms with Crippen molar-refractivity contribution in [1.82, 2.24) is 9.97 Å². The molecule has 2 N–H and O–H groups in total. The first kappa shape index (κ1) is 18.1. The van der Waals surface area contributed by atoms with Crippen molar-refractivity contribution in [3.8, 4) is 11.6 Å². The first-order valence-electron chi connectivity index (χ1n) is 8.07. The number of ether oxygens (including phenoxy) is 1. The third kappa shape index (κ3) is 6.12. The van der Waals surface area contributed by atoms with Crippen molar-refractivity contribution >= 4 is 5.95 Å². The zero-order valence-corrected chi connectivity index (χ0v) is 14.3. The Morgan fingerprint density at radius 1 is 1.25 bits per heavy atom. The molecular weight excluding hydrogens is 309 g/mol. The lowest BCUT2D eigenvalue weighted by Crippen LogP contribution is -2.34. The molecular formula is C18H24FN3O2. The minimum atomic E-state index is -0.832. The molecule has 1 atom stereocenters. The maximum atomic E-state index is 12.9. The van der Waals surface area contributed by atoms with Gasteiger partial charge in [0.15, 0.2) is 0 Å². The van der Waals surface area contributed by atoms with Gasteiger partial charge in [0.1, 0.15) is 11.6 Å². The molecule has 1 aromatic carbocycles. The summed E-state index contributed by atoms with van der Waals surface area (Å²) < 4.78 is 18.5. The second-order valence-electron chi connectivity index (χ2n) is 6.56. The Kier molecular flexibility index (Phi) is 6.09. The van der Waals surface area contributed by atoms with Gasteiger partial charge in [-0.2, -0.15) is 4.98 Å². The number of halogens is 1. The van der Waals surface area contributed by atoms with E-state index in [1.165, 1.54) is 24.3 Å². The van der Waals surface area contributed by atoms with Crippen LogP contribution < -0.4 is 10.1 Å². The van der Waals surface area contributed by atoms with Crippen LogP contribution in [0.4, 0.5) is 10.3 Å². The Labute approximate surface area is 141 Å². The molecule has 1 aromatic heterocycles. The van der Waals surface area contributed by atoms with E-state index >= 15 is 0 Å². The van der Waals surface area contributed by atoms with Gasteiger partial charge in [0.25, 0.3) is 0 Å². The summed E-state index contributed by atoms with van der Waals surface area (Å²) in [6.07, 6.45) is 3.21. The SMILES string of the molecule is CC(C)CCC(C)(O)CNc1nccc(Oc2ccc(F)cc2)n1. The van der Waals surface area contributed by atoms with Crippen LogP contribution in [-0.2, 0) is 0 Å². The Hall–Kier alpha value is -2.21. The molecule has 0 amide bonds. The van der Waals surface area contributed by atoms with Gasteiger partial charge in [-0.05, 0) is 49.9 Å². The Balaban J connectivity index is 1.93. The molecule has 0 radical (unpaired) electrons.